The minimum atomic E-state index is 0.561. The van der Waals surface area contributed by atoms with Crippen molar-refractivity contribution in [2.75, 3.05) is 0 Å². The molecule has 0 unspecified atom stereocenters. The van der Waals surface area contributed by atoms with Crippen molar-refractivity contribution in [3.05, 3.63) is 59.0 Å². The molecule has 4 heteroatoms. The average molecular weight is 308 g/mol. The predicted molar refractivity (Wildman–Crippen MR) is 94.2 cm³/mol. The Hall–Kier alpha value is -2.20. The lowest BCUT2D eigenvalue weighted by atomic mass is 10.1. The molecule has 0 spiro atoms. The highest BCUT2D eigenvalue weighted by Gasteiger charge is 2.13. The second-order valence-electron chi connectivity index (χ2n) is 6.59. The number of hydrogen-bond donors (Lipinski definition) is 1. The monoisotopic (exact) mass is 308 g/mol. The van der Waals surface area contributed by atoms with E-state index in [0.29, 0.717) is 12.5 Å². The number of aromatic nitrogens is 3. The molecule has 3 rings (SSSR count). The van der Waals surface area contributed by atoms with Crippen molar-refractivity contribution in [2.45, 2.75) is 40.3 Å². The molecule has 2 aromatic heterocycles. The van der Waals surface area contributed by atoms with Gasteiger partial charge in [0.15, 0.2) is 5.65 Å². The molecule has 120 valence electrons. The van der Waals surface area contributed by atoms with Crippen molar-refractivity contribution in [3.63, 3.8) is 0 Å². The van der Waals surface area contributed by atoms with E-state index in [1.807, 2.05) is 6.20 Å². The Morgan fingerprint density at radius 2 is 1.83 bits per heavy atom. The van der Waals surface area contributed by atoms with E-state index in [2.05, 4.69) is 60.7 Å². The zero-order valence-corrected chi connectivity index (χ0v) is 14.1. The number of pyridine rings is 1. The van der Waals surface area contributed by atoms with E-state index in [4.69, 9.17) is 10.7 Å². The van der Waals surface area contributed by atoms with Crippen LogP contribution in [0, 0.1) is 12.8 Å². The quantitative estimate of drug-likeness (QED) is 0.785. The molecule has 23 heavy (non-hydrogen) atoms. The number of nitrogens with zero attached hydrogens (tertiary/aromatic N) is 3. The molecule has 0 atom stereocenters. The van der Waals surface area contributed by atoms with Crippen molar-refractivity contribution >= 4 is 11.2 Å². The third kappa shape index (κ3) is 3.42. The SMILES string of the molecule is Cc1cnc2c(c1)nc(CC(C)C)n2Cc1ccc(CN)cc1. The average Bonchev–Trinajstić information content (AvgIpc) is 2.84. The van der Waals surface area contributed by atoms with Crippen LogP contribution < -0.4 is 5.73 Å². The van der Waals surface area contributed by atoms with Gasteiger partial charge in [-0.1, -0.05) is 38.1 Å². The van der Waals surface area contributed by atoms with E-state index >= 15 is 0 Å². The number of hydrogen-bond acceptors (Lipinski definition) is 3. The van der Waals surface area contributed by atoms with Gasteiger partial charge in [-0.3, -0.25) is 0 Å². The first-order chi connectivity index (χ1) is 11.1. The van der Waals surface area contributed by atoms with E-state index in [-0.39, 0.29) is 0 Å². The lowest BCUT2D eigenvalue weighted by molar-refractivity contribution is 0.594. The Morgan fingerprint density at radius 1 is 1.13 bits per heavy atom. The lowest BCUT2D eigenvalue weighted by Crippen LogP contribution is -2.09. The largest absolute Gasteiger partial charge is 0.326 e. The minimum Gasteiger partial charge on any atom is -0.326 e. The highest BCUT2D eigenvalue weighted by Crippen LogP contribution is 2.19. The summed E-state index contributed by atoms with van der Waals surface area (Å²) in [5.41, 5.74) is 11.2. The molecule has 0 aliphatic carbocycles. The third-order valence-electron chi connectivity index (χ3n) is 3.99. The molecule has 0 aliphatic rings. The number of nitrogens with two attached hydrogens (primary N) is 1. The maximum absolute atomic E-state index is 5.68. The Kier molecular flexibility index (Phi) is 4.44. The van der Waals surface area contributed by atoms with Crippen LogP contribution in [0.25, 0.3) is 11.2 Å². The van der Waals surface area contributed by atoms with E-state index in [1.54, 1.807) is 0 Å². The van der Waals surface area contributed by atoms with Crippen LogP contribution in [0.3, 0.4) is 0 Å². The van der Waals surface area contributed by atoms with Gasteiger partial charge in [-0.05, 0) is 35.6 Å². The Bertz CT molecular complexity index is 800. The first-order valence-corrected chi connectivity index (χ1v) is 8.16. The lowest BCUT2D eigenvalue weighted by Gasteiger charge is -2.11. The number of imidazole rings is 1. The molecule has 2 heterocycles. The van der Waals surface area contributed by atoms with E-state index in [1.165, 1.54) is 5.56 Å². The molecule has 2 N–H and O–H groups in total. The Morgan fingerprint density at radius 3 is 2.48 bits per heavy atom. The van der Waals surface area contributed by atoms with E-state index in [0.717, 1.165) is 41.1 Å². The fourth-order valence-electron chi connectivity index (χ4n) is 2.81. The summed E-state index contributed by atoms with van der Waals surface area (Å²) in [6.07, 6.45) is 2.87. The van der Waals surface area contributed by atoms with Crippen LogP contribution in [0.1, 0.15) is 36.4 Å². The van der Waals surface area contributed by atoms with Crippen molar-refractivity contribution in [2.24, 2.45) is 11.7 Å². The molecular weight excluding hydrogens is 284 g/mol. The summed E-state index contributed by atoms with van der Waals surface area (Å²) in [6, 6.07) is 10.6. The van der Waals surface area contributed by atoms with Crippen LogP contribution in [0.2, 0.25) is 0 Å². The number of rotatable bonds is 5. The standard InChI is InChI=1S/C19H24N4/c1-13(2)8-18-22-17-9-14(3)11-21-19(17)23(18)12-16-6-4-15(10-20)5-7-16/h4-7,9,11,13H,8,10,12,20H2,1-3H3. The first-order valence-electron chi connectivity index (χ1n) is 8.16. The first kappa shape index (κ1) is 15.7. The molecule has 4 nitrogen and oxygen atoms in total. The second kappa shape index (κ2) is 6.50. The van der Waals surface area contributed by atoms with Crippen LogP contribution in [0.5, 0.6) is 0 Å². The third-order valence-corrected chi connectivity index (χ3v) is 3.99. The maximum atomic E-state index is 5.68. The van der Waals surface area contributed by atoms with Gasteiger partial charge in [-0.2, -0.15) is 0 Å². The predicted octanol–water partition coefficient (Wildman–Crippen LogP) is 3.45. The van der Waals surface area contributed by atoms with Crippen molar-refractivity contribution < 1.29 is 0 Å². The highest BCUT2D eigenvalue weighted by atomic mass is 15.1. The molecule has 3 aromatic rings. The zero-order valence-electron chi connectivity index (χ0n) is 14.1. The van der Waals surface area contributed by atoms with Crippen LogP contribution in [0.15, 0.2) is 36.5 Å². The summed E-state index contributed by atoms with van der Waals surface area (Å²) in [7, 11) is 0. The highest BCUT2D eigenvalue weighted by molar-refractivity contribution is 5.72. The van der Waals surface area contributed by atoms with Crippen LogP contribution in [0.4, 0.5) is 0 Å². The molecule has 0 bridgehead atoms. The van der Waals surface area contributed by atoms with E-state index < -0.39 is 0 Å². The summed E-state index contributed by atoms with van der Waals surface area (Å²) in [5.74, 6) is 1.67. The fourth-order valence-corrected chi connectivity index (χ4v) is 2.81. The smallest absolute Gasteiger partial charge is 0.160 e. The number of benzene rings is 1. The van der Waals surface area contributed by atoms with Gasteiger partial charge >= 0.3 is 0 Å². The van der Waals surface area contributed by atoms with Crippen LogP contribution in [-0.2, 0) is 19.5 Å². The minimum absolute atomic E-state index is 0.561. The van der Waals surface area contributed by atoms with Gasteiger partial charge < -0.3 is 10.3 Å². The summed E-state index contributed by atoms with van der Waals surface area (Å²) < 4.78 is 2.24. The van der Waals surface area contributed by atoms with Crippen LogP contribution in [-0.4, -0.2) is 14.5 Å². The summed E-state index contributed by atoms with van der Waals surface area (Å²) >= 11 is 0. The van der Waals surface area contributed by atoms with Gasteiger partial charge in [-0.25, -0.2) is 9.97 Å². The Balaban J connectivity index is 2.02. The maximum Gasteiger partial charge on any atom is 0.160 e. The molecule has 0 fully saturated rings. The second-order valence-corrected chi connectivity index (χ2v) is 6.59. The van der Waals surface area contributed by atoms with Gasteiger partial charge in [0, 0.05) is 19.2 Å². The van der Waals surface area contributed by atoms with Gasteiger partial charge in [0.1, 0.15) is 11.3 Å². The fraction of sp³-hybridized carbons (Fsp3) is 0.368. The van der Waals surface area contributed by atoms with Crippen LogP contribution >= 0.6 is 0 Å². The summed E-state index contributed by atoms with van der Waals surface area (Å²) in [4.78, 5) is 9.44. The van der Waals surface area contributed by atoms with Gasteiger partial charge in [0.25, 0.3) is 0 Å². The van der Waals surface area contributed by atoms with Crippen molar-refractivity contribution in [3.8, 4) is 0 Å². The normalized spacial score (nSPS) is 11.5. The molecule has 0 saturated heterocycles. The zero-order chi connectivity index (χ0) is 16.4. The van der Waals surface area contributed by atoms with Gasteiger partial charge in [0.05, 0.1) is 6.54 Å². The van der Waals surface area contributed by atoms with Crippen molar-refractivity contribution in [1.82, 2.24) is 14.5 Å². The molecule has 0 amide bonds. The topological polar surface area (TPSA) is 56.7 Å². The molecule has 0 radical (unpaired) electrons. The van der Waals surface area contributed by atoms with E-state index in [9.17, 15) is 0 Å². The van der Waals surface area contributed by atoms with Crippen molar-refractivity contribution in [1.29, 1.82) is 0 Å². The Labute approximate surface area is 137 Å². The summed E-state index contributed by atoms with van der Waals surface area (Å²) in [6.45, 7) is 7.86. The van der Waals surface area contributed by atoms with Gasteiger partial charge in [-0.15, -0.1) is 0 Å². The summed E-state index contributed by atoms with van der Waals surface area (Å²) in [5, 5.41) is 0. The molecule has 1 aromatic carbocycles. The molecule has 0 saturated carbocycles. The van der Waals surface area contributed by atoms with Gasteiger partial charge in [0.2, 0.25) is 0 Å². The molecular formula is C19H24N4. The number of fused-ring (bicyclic) bond motifs is 1. The molecule has 0 aliphatic heterocycles. The number of aryl methyl sites for hydroxylation is 1.